The fraction of sp³-hybridized carbons (Fsp3) is 0.462. The molecule has 106 valence electrons. The van der Waals surface area contributed by atoms with Crippen LogP contribution in [-0.2, 0) is 4.79 Å². The van der Waals surface area contributed by atoms with Gasteiger partial charge in [0.2, 0.25) is 5.91 Å². The van der Waals surface area contributed by atoms with E-state index in [9.17, 15) is 18.7 Å². The minimum atomic E-state index is -0.667. The Kier molecular flexibility index (Phi) is 6.80. The summed E-state index contributed by atoms with van der Waals surface area (Å²) >= 11 is 1.01. The first-order chi connectivity index (χ1) is 9.02. The van der Waals surface area contributed by atoms with Crippen LogP contribution in [-0.4, -0.2) is 29.4 Å². The minimum absolute atomic E-state index is 0.0603. The number of hydrogen-bond donors (Lipinski definition) is 2. The smallest absolute Gasteiger partial charge is 0.230 e. The van der Waals surface area contributed by atoms with Gasteiger partial charge in [-0.25, -0.2) is 8.78 Å². The Morgan fingerprint density at radius 3 is 2.84 bits per heavy atom. The van der Waals surface area contributed by atoms with E-state index in [0.717, 1.165) is 23.9 Å². The van der Waals surface area contributed by atoms with Gasteiger partial charge in [-0.3, -0.25) is 4.79 Å². The zero-order chi connectivity index (χ0) is 14.3. The molecule has 1 atom stereocenters. The Morgan fingerprint density at radius 2 is 2.21 bits per heavy atom. The molecule has 1 unspecified atom stereocenters. The average molecular weight is 289 g/mol. The van der Waals surface area contributed by atoms with Crippen LogP contribution in [0.15, 0.2) is 23.1 Å². The molecule has 0 fully saturated rings. The molecule has 1 aromatic rings. The molecule has 1 rings (SSSR count). The maximum absolute atomic E-state index is 13.3. The van der Waals surface area contributed by atoms with Crippen molar-refractivity contribution in [1.29, 1.82) is 0 Å². The van der Waals surface area contributed by atoms with Crippen LogP contribution in [0.1, 0.15) is 19.8 Å². The third-order valence-corrected chi connectivity index (χ3v) is 3.57. The molecule has 0 aliphatic carbocycles. The van der Waals surface area contributed by atoms with Gasteiger partial charge in [0.1, 0.15) is 11.6 Å². The number of aliphatic hydroxyl groups excluding tert-OH is 1. The molecule has 1 amide bonds. The summed E-state index contributed by atoms with van der Waals surface area (Å²) in [5.41, 5.74) is 0. The molecule has 0 aromatic heterocycles. The number of rotatable bonds is 7. The SMILES string of the molecule is CCC(O)CCNC(=O)CSc1ccc(F)cc1F. The van der Waals surface area contributed by atoms with Gasteiger partial charge in [-0.15, -0.1) is 11.8 Å². The number of amides is 1. The van der Waals surface area contributed by atoms with E-state index in [1.54, 1.807) is 0 Å². The summed E-state index contributed by atoms with van der Waals surface area (Å²) in [7, 11) is 0. The maximum Gasteiger partial charge on any atom is 0.230 e. The van der Waals surface area contributed by atoms with Gasteiger partial charge in [-0.1, -0.05) is 6.92 Å². The number of halogens is 2. The minimum Gasteiger partial charge on any atom is -0.393 e. The molecule has 0 aliphatic heterocycles. The summed E-state index contributed by atoms with van der Waals surface area (Å²) in [5, 5.41) is 11.9. The third kappa shape index (κ3) is 6.02. The summed E-state index contributed by atoms with van der Waals surface area (Å²) in [6.45, 7) is 2.25. The molecular weight excluding hydrogens is 272 g/mol. The Balaban J connectivity index is 2.30. The number of nitrogens with one attached hydrogen (secondary N) is 1. The van der Waals surface area contributed by atoms with E-state index >= 15 is 0 Å². The number of hydrogen-bond acceptors (Lipinski definition) is 3. The predicted octanol–water partition coefficient (Wildman–Crippen LogP) is 2.33. The first kappa shape index (κ1) is 15.9. The van der Waals surface area contributed by atoms with Crippen molar-refractivity contribution in [2.24, 2.45) is 0 Å². The molecule has 0 radical (unpaired) electrons. The van der Waals surface area contributed by atoms with Gasteiger partial charge in [0.15, 0.2) is 0 Å². The largest absolute Gasteiger partial charge is 0.393 e. The van der Waals surface area contributed by atoms with Gasteiger partial charge < -0.3 is 10.4 Å². The van der Waals surface area contributed by atoms with E-state index in [1.165, 1.54) is 6.07 Å². The van der Waals surface area contributed by atoms with Crippen molar-refractivity contribution in [3.05, 3.63) is 29.8 Å². The van der Waals surface area contributed by atoms with Crippen LogP contribution in [0.4, 0.5) is 8.78 Å². The highest BCUT2D eigenvalue weighted by molar-refractivity contribution is 8.00. The lowest BCUT2D eigenvalue weighted by molar-refractivity contribution is -0.118. The fourth-order valence-corrected chi connectivity index (χ4v) is 2.12. The molecule has 3 nitrogen and oxygen atoms in total. The monoisotopic (exact) mass is 289 g/mol. The Bertz CT molecular complexity index is 429. The molecule has 0 bridgehead atoms. The Morgan fingerprint density at radius 1 is 1.47 bits per heavy atom. The lowest BCUT2D eigenvalue weighted by Crippen LogP contribution is -2.28. The maximum atomic E-state index is 13.3. The molecule has 0 saturated heterocycles. The van der Waals surface area contributed by atoms with Crippen LogP contribution in [0.5, 0.6) is 0 Å². The summed E-state index contributed by atoms with van der Waals surface area (Å²) in [4.78, 5) is 11.7. The lowest BCUT2D eigenvalue weighted by Gasteiger charge is -2.09. The van der Waals surface area contributed by atoms with Crippen LogP contribution in [0.2, 0.25) is 0 Å². The highest BCUT2D eigenvalue weighted by Gasteiger charge is 2.08. The summed E-state index contributed by atoms with van der Waals surface area (Å²) in [6.07, 6.45) is 0.728. The second kappa shape index (κ2) is 8.12. The molecule has 6 heteroatoms. The van der Waals surface area contributed by atoms with Gasteiger partial charge in [0, 0.05) is 17.5 Å². The summed E-state index contributed by atoms with van der Waals surface area (Å²) in [5.74, 6) is -1.48. The second-order valence-corrected chi connectivity index (χ2v) is 5.08. The van der Waals surface area contributed by atoms with Crippen LogP contribution < -0.4 is 5.32 Å². The Labute approximate surface area is 115 Å². The van der Waals surface area contributed by atoms with Gasteiger partial charge >= 0.3 is 0 Å². The molecule has 1 aromatic carbocycles. The lowest BCUT2D eigenvalue weighted by atomic mass is 10.2. The summed E-state index contributed by atoms with van der Waals surface area (Å²) in [6, 6.07) is 3.25. The number of benzene rings is 1. The van der Waals surface area contributed by atoms with Crippen molar-refractivity contribution in [3.8, 4) is 0 Å². The molecule has 0 saturated carbocycles. The standard InChI is InChI=1S/C13H17F2NO2S/c1-2-10(17)5-6-16-13(18)8-19-12-4-3-9(14)7-11(12)15/h3-4,7,10,17H,2,5-6,8H2,1H3,(H,16,18). The van der Waals surface area contributed by atoms with Crippen molar-refractivity contribution in [2.75, 3.05) is 12.3 Å². The van der Waals surface area contributed by atoms with Gasteiger partial charge in [-0.2, -0.15) is 0 Å². The molecule has 0 heterocycles. The quantitative estimate of drug-likeness (QED) is 0.757. The third-order valence-electron chi connectivity index (χ3n) is 2.52. The van der Waals surface area contributed by atoms with Gasteiger partial charge in [-0.05, 0) is 25.0 Å². The predicted molar refractivity (Wildman–Crippen MR) is 71.0 cm³/mol. The zero-order valence-corrected chi connectivity index (χ0v) is 11.5. The van der Waals surface area contributed by atoms with E-state index in [0.29, 0.717) is 19.4 Å². The fourth-order valence-electron chi connectivity index (χ4n) is 1.37. The zero-order valence-electron chi connectivity index (χ0n) is 10.7. The van der Waals surface area contributed by atoms with Crippen LogP contribution in [0.25, 0.3) is 0 Å². The van der Waals surface area contributed by atoms with E-state index < -0.39 is 17.7 Å². The Hall–Kier alpha value is -1.14. The first-order valence-corrected chi connectivity index (χ1v) is 7.04. The second-order valence-electron chi connectivity index (χ2n) is 4.06. The van der Waals surface area contributed by atoms with Crippen molar-refractivity contribution < 1.29 is 18.7 Å². The topological polar surface area (TPSA) is 49.3 Å². The van der Waals surface area contributed by atoms with Crippen molar-refractivity contribution in [1.82, 2.24) is 5.32 Å². The first-order valence-electron chi connectivity index (χ1n) is 6.05. The highest BCUT2D eigenvalue weighted by atomic mass is 32.2. The van der Waals surface area contributed by atoms with Crippen LogP contribution >= 0.6 is 11.8 Å². The normalized spacial score (nSPS) is 12.2. The number of thioether (sulfide) groups is 1. The molecule has 0 aliphatic rings. The average Bonchev–Trinajstić information content (AvgIpc) is 2.37. The number of carbonyl (C=O) groups excluding carboxylic acids is 1. The molecule has 0 spiro atoms. The molecule has 2 N–H and O–H groups in total. The van der Waals surface area contributed by atoms with Crippen molar-refractivity contribution in [3.63, 3.8) is 0 Å². The van der Waals surface area contributed by atoms with Crippen LogP contribution in [0, 0.1) is 11.6 Å². The highest BCUT2D eigenvalue weighted by Crippen LogP contribution is 2.21. The van der Waals surface area contributed by atoms with Crippen molar-refractivity contribution >= 4 is 17.7 Å². The van der Waals surface area contributed by atoms with Gasteiger partial charge in [0.25, 0.3) is 0 Å². The van der Waals surface area contributed by atoms with Gasteiger partial charge in [0.05, 0.1) is 11.9 Å². The van der Waals surface area contributed by atoms with E-state index in [1.807, 2.05) is 6.92 Å². The molecular formula is C13H17F2NO2S. The number of aliphatic hydroxyl groups is 1. The summed E-state index contributed by atoms with van der Waals surface area (Å²) < 4.78 is 25.9. The van der Waals surface area contributed by atoms with E-state index in [2.05, 4.69) is 5.32 Å². The van der Waals surface area contributed by atoms with E-state index in [4.69, 9.17) is 0 Å². The van der Waals surface area contributed by atoms with Crippen molar-refractivity contribution in [2.45, 2.75) is 30.8 Å². The van der Waals surface area contributed by atoms with Crippen LogP contribution in [0.3, 0.4) is 0 Å². The van der Waals surface area contributed by atoms with E-state index in [-0.39, 0.29) is 16.6 Å². The number of carbonyl (C=O) groups is 1. The molecule has 19 heavy (non-hydrogen) atoms.